The van der Waals surface area contributed by atoms with E-state index in [4.69, 9.17) is 0 Å². The summed E-state index contributed by atoms with van der Waals surface area (Å²) in [4.78, 5) is 2.52. The van der Waals surface area contributed by atoms with E-state index in [-0.39, 0.29) is 6.10 Å². The van der Waals surface area contributed by atoms with Crippen molar-refractivity contribution in [2.75, 3.05) is 6.54 Å². The summed E-state index contributed by atoms with van der Waals surface area (Å²) in [5, 5.41) is 11.2. The van der Waals surface area contributed by atoms with Crippen LogP contribution in [0.4, 0.5) is 0 Å². The minimum absolute atomic E-state index is 0.254. The molecule has 2 nitrogen and oxygen atoms in total. The second kappa shape index (κ2) is 2.76. The van der Waals surface area contributed by atoms with Gasteiger partial charge in [-0.15, -0.1) is 0 Å². The normalized spacial score (nSPS) is 44.7. The molecule has 2 rings (SSSR count). The lowest BCUT2D eigenvalue weighted by Gasteiger charge is -2.35. The first kappa shape index (κ1) is 7.56. The Morgan fingerprint density at radius 1 is 1.27 bits per heavy atom. The lowest BCUT2D eigenvalue weighted by molar-refractivity contribution is -0.00402. The molecule has 0 N–H and O–H groups in total. The van der Waals surface area contributed by atoms with Crippen molar-refractivity contribution in [3.05, 3.63) is 0 Å². The van der Waals surface area contributed by atoms with Crippen LogP contribution in [0.1, 0.15) is 32.6 Å². The number of hydrogen-bond donors (Lipinski definition) is 0. The summed E-state index contributed by atoms with van der Waals surface area (Å²) in [6.45, 7) is 3.35. The Labute approximate surface area is 68.2 Å². The predicted molar refractivity (Wildman–Crippen MR) is 42.9 cm³/mol. The zero-order valence-corrected chi connectivity index (χ0v) is 7.12. The van der Waals surface area contributed by atoms with Crippen molar-refractivity contribution in [1.29, 1.82) is 0 Å². The van der Waals surface area contributed by atoms with Crippen molar-refractivity contribution in [3.8, 4) is 0 Å². The van der Waals surface area contributed by atoms with Gasteiger partial charge in [-0.1, -0.05) is 6.92 Å². The highest BCUT2D eigenvalue weighted by atomic mass is 16.3. The molecule has 2 aliphatic rings. The minimum atomic E-state index is -0.254. The van der Waals surface area contributed by atoms with Crippen LogP contribution in [-0.4, -0.2) is 29.6 Å². The molecule has 0 aromatic carbocycles. The summed E-state index contributed by atoms with van der Waals surface area (Å²) in [5.74, 6) is 0. The first-order chi connectivity index (χ1) is 5.31. The van der Waals surface area contributed by atoms with E-state index in [1.54, 1.807) is 0 Å². The fourth-order valence-electron chi connectivity index (χ4n) is 2.74. The third-order valence-electron chi connectivity index (χ3n) is 3.21. The van der Waals surface area contributed by atoms with Gasteiger partial charge in [0.1, 0.15) is 0 Å². The summed E-state index contributed by atoms with van der Waals surface area (Å²) in [6.07, 6.45) is 4.11. The van der Waals surface area contributed by atoms with Crippen molar-refractivity contribution in [2.45, 2.75) is 50.8 Å². The van der Waals surface area contributed by atoms with E-state index in [1.807, 2.05) is 0 Å². The molecule has 11 heavy (non-hydrogen) atoms. The van der Waals surface area contributed by atoms with E-state index >= 15 is 0 Å². The standard InChI is InChI=1S/C9H16NO/c1-2-10-7-3-4-8(10)6-9(11)5-7/h7-9H,2-6H2,1H3. The molecule has 2 unspecified atom stereocenters. The van der Waals surface area contributed by atoms with Crippen LogP contribution in [0.25, 0.3) is 0 Å². The van der Waals surface area contributed by atoms with Crippen LogP contribution >= 0.6 is 0 Å². The first-order valence-electron chi connectivity index (χ1n) is 4.72. The third-order valence-corrected chi connectivity index (χ3v) is 3.21. The quantitative estimate of drug-likeness (QED) is 0.560. The summed E-state index contributed by atoms with van der Waals surface area (Å²) in [5.41, 5.74) is 0. The molecule has 2 saturated heterocycles. The molecule has 2 atom stereocenters. The average Bonchev–Trinajstić information content (AvgIpc) is 2.23. The molecule has 0 amide bonds. The van der Waals surface area contributed by atoms with Crippen LogP contribution in [0.5, 0.6) is 0 Å². The van der Waals surface area contributed by atoms with E-state index in [0.717, 1.165) is 19.4 Å². The highest BCUT2D eigenvalue weighted by Crippen LogP contribution is 2.35. The number of rotatable bonds is 1. The molecule has 1 radical (unpaired) electrons. The maximum absolute atomic E-state index is 11.2. The van der Waals surface area contributed by atoms with Crippen molar-refractivity contribution < 1.29 is 5.11 Å². The second-order valence-corrected chi connectivity index (χ2v) is 3.81. The van der Waals surface area contributed by atoms with E-state index in [2.05, 4.69) is 11.8 Å². The van der Waals surface area contributed by atoms with Crippen LogP contribution in [0.3, 0.4) is 0 Å². The molecule has 63 valence electrons. The number of nitrogens with zero attached hydrogens (tertiary/aromatic N) is 1. The van der Waals surface area contributed by atoms with Crippen molar-refractivity contribution >= 4 is 0 Å². The first-order valence-corrected chi connectivity index (χ1v) is 4.72. The monoisotopic (exact) mass is 154 g/mol. The topological polar surface area (TPSA) is 23.1 Å². The lowest BCUT2D eigenvalue weighted by Crippen LogP contribution is -2.43. The second-order valence-electron chi connectivity index (χ2n) is 3.81. The summed E-state index contributed by atoms with van der Waals surface area (Å²) < 4.78 is 0. The van der Waals surface area contributed by atoms with Gasteiger partial charge in [0.2, 0.25) is 0 Å². The summed E-state index contributed by atoms with van der Waals surface area (Å²) in [7, 11) is 0. The Kier molecular flexibility index (Phi) is 1.90. The molecular weight excluding hydrogens is 138 g/mol. The molecule has 0 aliphatic carbocycles. The van der Waals surface area contributed by atoms with Gasteiger partial charge in [-0.2, -0.15) is 0 Å². The number of hydrogen-bond acceptors (Lipinski definition) is 1. The number of fused-ring (bicyclic) bond motifs is 2. The van der Waals surface area contributed by atoms with E-state index in [1.165, 1.54) is 12.8 Å². The Bertz CT molecular complexity index is 134. The largest absolute Gasteiger partial charge is 0.298 e. The van der Waals surface area contributed by atoms with Gasteiger partial charge in [0.15, 0.2) is 0 Å². The van der Waals surface area contributed by atoms with Gasteiger partial charge >= 0.3 is 0 Å². The zero-order valence-electron chi connectivity index (χ0n) is 7.12. The fourth-order valence-corrected chi connectivity index (χ4v) is 2.74. The van der Waals surface area contributed by atoms with Crippen LogP contribution in [0.15, 0.2) is 0 Å². The van der Waals surface area contributed by atoms with Gasteiger partial charge in [0.05, 0.1) is 6.10 Å². The molecule has 2 fully saturated rings. The van der Waals surface area contributed by atoms with Gasteiger partial charge < -0.3 is 0 Å². The Morgan fingerprint density at radius 2 is 1.82 bits per heavy atom. The van der Waals surface area contributed by atoms with Gasteiger partial charge in [0, 0.05) is 12.1 Å². The molecule has 2 bridgehead atoms. The molecule has 0 spiro atoms. The Balaban J connectivity index is 2.06. The summed E-state index contributed by atoms with van der Waals surface area (Å²) in [6, 6.07) is 1.28. The van der Waals surface area contributed by atoms with Crippen LogP contribution in [-0.2, 0) is 5.11 Å². The van der Waals surface area contributed by atoms with Gasteiger partial charge in [-0.25, -0.2) is 5.11 Å². The third kappa shape index (κ3) is 1.18. The maximum atomic E-state index is 11.2. The molecule has 2 heteroatoms. The smallest absolute Gasteiger partial charge is 0.0959 e. The SMILES string of the molecule is CCN1C2CCC1CC([O])C2. The van der Waals surface area contributed by atoms with Crippen molar-refractivity contribution in [1.82, 2.24) is 4.90 Å². The molecular formula is C9H16NO. The predicted octanol–water partition coefficient (Wildman–Crippen LogP) is 1.43. The molecule has 0 aromatic heterocycles. The van der Waals surface area contributed by atoms with Gasteiger partial charge in [-0.3, -0.25) is 4.90 Å². The van der Waals surface area contributed by atoms with Crippen LogP contribution in [0.2, 0.25) is 0 Å². The average molecular weight is 154 g/mol. The Morgan fingerprint density at radius 3 is 2.27 bits per heavy atom. The fraction of sp³-hybridized carbons (Fsp3) is 1.00. The minimum Gasteiger partial charge on any atom is -0.298 e. The van der Waals surface area contributed by atoms with Gasteiger partial charge in [0.25, 0.3) is 0 Å². The maximum Gasteiger partial charge on any atom is 0.0959 e. The molecule has 2 aliphatic heterocycles. The van der Waals surface area contributed by atoms with E-state index in [9.17, 15) is 5.11 Å². The lowest BCUT2D eigenvalue weighted by atomic mass is 10.0. The van der Waals surface area contributed by atoms with Crippen molar-refractivity contribution in [3.63, 3.8) is 0 Å². The van der Waals surface area contributed by atoms with Gasteiger partial charge in [-0.05, 0) is 32.2 Å². The van der Waals surface area contributed by atoms with Crippen molar-refractivity contribution in [2.24, 2.45) is 0 Å². The molecule has 2 heterocycles. The van der Waals surface area contributed by atoms with Crippen LogP contribution < -0.4 is 0 Å². The van der Waals surface area contributed by atoms with Crippen LogP contribution in [0, 0.1) is 0 Å². The number of piperidine rings is 1. The molecule has 0 aromatic rings. The summed E-state index contributed by atoms with van der Waals surface area (Å²) >= 11 is 0. The highest BCUT2D eigenvalue weighted by Gasteiger charge is 2.39. The van der Waals surface area contributed by atoms with E-state index in [0.29, 0.717) is 12.1 Å². The van der Waals surface area contributed by atoms with E-state index < -0.39 is 0 Å². The highest BCUT2D eigenvalue weighted by molar-refractivity contribution is 4.94. The Hall–Kier alpha value is -0.0800. The molecule has 0 saturated carbocycles. The zero-order chi connectivity index (χ0) is 7.84.